The van der Waals surface area contributed by atoms with Gasteiger partial charge in [0.1, 0.15) is 0 Å². The topological polar surface area (TPSA) is 0 Å². The number of hydrogen-bond donors (Lipinski definition) is 0. The zero-order valence-corrected chi connectivity index (χ0v) is 18.4. The molecule has 1 saturated carbocycles. The van der Waals surface area contributed by atoms with Crippen LogP contribution in [0.2, 0.25) is 0 Å². The average molecular weight is 375 g/mol. The van der Waals surface area contributed by atoms with E-state index in [9.17, 15) is 0 Å². The maximum Gasteiger partial charge on any atom is -0.00533 e. The van der Waals surface area contributed by atoms with Gasteiger partial charge >= 0.3 is 0 Å². The molecule has 2 atom stereocenters. The van der Waals surface area contributed by atoms with E-state index in [-0.39, 0.29) is 5.41 Å². The molecule has 2 unspecified atom stereocenters. The van der Waals surface area contributed by atoms with E-state index in [1.54, 1.807) is 0 Å². The summed E-state index contributed by atoms with van der Waals surface area (Å²) >= 11 is 0. The fourth-order valence-corrected chi connectivity index (χ4v) is 4.91. The highest BCUT2D eigenvalue weighted by atomic mass is 14.4. The van der Waals surface area contributed by atoms with Gasteiger partial charge in [-0.1, -0.05) is 101 Å². The highest BCUT2D eigenvalue weighted by molar-refractivity contribution is 5.64. The lowest BCUT2D eigenvalue weighted by Gasteiger charge is -2.41. The van der Waals surface area contributed by atoms with Gasteiger partial charge in [0.05, 0.1) is 0 Å². The molecule has 0 amide bonds. The second-order valence-corrected chi connectivity index (χ2v) is 9.34. The van der Waals surface area contributed by atoms with Crippen LogP contribution in [0.1, 0.15) is 83.3 Å². The Balaban J connectivity index is 1.83. The molecule has 0 aromatic heterocycles. The summed E-state index contributed by atoms with van der Waals surface area (Å²) < 4.78 is 0. The molecule has 0 saturated heterocycles. The van der Waals surface area contributed by atoms with E-state index in [1.807, 2.05) is 0 Å². The zero-order chi connectivity index (χ0) is 20.1. The first-order valence-corrected chi connectivity index (χ1v) is 11.3. The summed E-state index contributed by atoms with van der Waals surface area (Å²) in [6.45, 7) is 13.7. The first-order chi connectivity index (χ1) is 13.4. The van der Waals surface area contributed by atoms with Gasteiger partial charge in [0.2, 0.25) is 0 Å². The first-order valence-electron chi connectivity index (χ1n) is 11.3. The van der Waals surface area contributed by atoms with Gasteiger partial charge in [0.25, 0.3) is 0 Å². The zero-order valence-electron chi connectivity index (χ0n) is 18.4. The molecule has 2 aromatic rings. The highest BCUT2D eigenvalue weighted by Gasteiger charge is 2.35. The molecule has 0 bridgehead atoms. The number of allylic oxidation sites excluding steroid dienone is 1. The molecule has 0 radical (unpaired) electrons. The van der Waals surface area contributed by atoms with Crippen LogP contribution in [0.3, 0.4) is 0 Å². The van der Waals surface area contributed by atoms with Crippen LogP contribution < -0.4 is 0 Å². The Morgan fingerprint density at radius 3 is 2.32 bits per heavy atom. The van der Waals surface area contributed by atoms with Crippen LogP contribution in [0, 0.1) is 11.3 Å². The first kappa shape index (κ1) is 20.9. The quantitative estimate of drug-likeness (QED) is 0.426. The normalized spacial score (nSPS) is 18.4. The molecule has 0 heteroatoms. The smallest absolute Gasteiger partial charge is 0.00533 e. The standard InChI is InChI=1S/C28H38/c1-6-22(4)24-15-17-25(18-16-24)26-12-10-11-23(19-26)20-28(5,21(2)3)27-13-8-7-9-14-27/h10-12,15-19,22,27H,2,6-9,13-14,20H2,1,3-5H3. The summed E-state index contributed by atoms with van der Waals surface area (Å²) in [4.78, 5) is 0. The van der Waals surface area contributed by atoms with Crippen molar-refractivity contribution in [2.45, 2.75) is 78.6 Å². The van der Waals surface area contributed by atoms with Crippen molar-refractivity contribution in [3.05, 3.63) is 71.8 Å². The summed E-state index contributed by atoms with van der Waals surface area (Å²) in [6.07, 6.45) is 9.19. The molecule has 0 spiro atoms. The Bertz CT molecular complexity index is 776. The molecule has 0 heterocycles. The second kappa shape index (κ2) is 9.12. The van der Waals surface area contributed by atoms with Gasteiger partial charge in [-0.25, -0.2) is 0 Å². The van der Waals surface area contributed by atoms with Gasteiger partial charge in [0, 0.05) is 0 Å². The summed E-state index contributed by atoms with van der Waals surface area (Å²) in [5.74, 6) is 1.41. The van der Waals surface area contributed by atoms with Crippen LogP contribution in [0.15, 0.2) is 60.7 Å². The van der Waals surface area contributed by atoms with Crippen LogP contribution >= 0.6 is 0 Å². The van der Waals surface area contributed by atoms with Gasteiger partial charge in [-0.3, -0.25) is 0 Å². The Morgan fingerprint density at radius 1 is 1.04 bits per heavy atom. The van der Waals surface area contributed by atoms with Crippen LogP contribution in [0.25, 0.3) is 11.1 Å². The van der Waals surface area contributed by atoms with E-state index >= 15 is 0 Å². The monoisotopic (exact) mass is 374 g/mol. The third-order valence-corrected chi connectivity index (χ3v) is 7.40. The Kier molecular flexibility index (Phi) is 6.81. The van der Waals surface area contributed by atoms with Gasteiger partial charge in [-0.05, 0) is 72.1 Å². The largest absolute Gasteiger partial charge is 0.0996 e. The number of rotatable bonds is 7. The minimum absolute atomic E-state index is 0.208. The molecule has 3 rings (SSSR count). The van der Waals surface area contributed by atoms with Crippen LogP contribution in [0.5, 0.6) is 0 Å². The van der Waals surface area contributed by atoms with Crippen LogP contribution in [-0.2, 0) is 6.42 Å². The van der Waals surface area contributed by atoms with E-state index < -0.39 is 0 Å². The molecular formula is C28H38. The lowest BCUT2D eigenvalue weighted by Crippen LogP contribution is -2.32. The van der Waals surface area contributed by atoms with E-state index in [0.717, 1.165) is 12.3 Å². The third kappa shape index (κ3) is 4.59. The Hall–Kier alpha value is -1.82. The van der Waals surface area contributed by atoms with E-state index in [2.05, 4.69) is 82.8 Å². The average Bonchev–Trinajstić information content (AvgIpc) is 2.74. The van der Waals surface area contributed by atoms with Crippen molar-refractivity contribution >= 4 is 0 Å². The highest BCUT2D eigenvalue weighted by Crippen LogP contribution is 2.45. The molecule has 1 aliphatic rings. The van der Waals surface area contributed by atoms with Crippen molar-refractivity contribution in [1.29, 1.82) is 0 Å². The van der Waals surface area contributed by atoms with Crippen molar-refractivity contribution in [1.82, 2.24) is 0 Å². The molecule has 2 aromatic carbocycles. The second-order valence-electron chi connectivity index (χ2n) is 9.34. The minimum Gasteiger partial charge on any atom is -0.0996 e. The van der Waals surface area contributed by atoms with E-state index in [0.29, 0.717) is 5.92 Å². The summed E-state index contributed by atoms with van der Waals surface area (Å²) in [7, 11) is 0. The lowest BCUT2D eigenvalue weighted by atomic mass is 9.64. The lowest BCUT2D eigenvalue weighted by molar-refractivity contribution is 0.176. The molecule has 150 valence electrons. The van der Waals surface area contributed by atoms with Crippen LogP contribution in [0.4, 0.5) is 0 Å². The van der Waals surface area contributed by atoms with Gasteiger partial charge < -0.3 is 0 Å². The summed E-state index contributed by atoms with van der Waals surface area (Å²) in [5, 5.41) is 0. The van der Waals surface area contributed by atoms with Crippen molar-refractivity contribution in [2.75, 3.05) is 0 Å². The summed E-state index contributed by atoms with van der Waals surface area (Å²) in [5.41, 5.74) is 7.10. The number of benzene rings is 2. The molecule has 0 nitrogen and oxygen atoms in total. The molecule has 1 fully saturated rings. The third-order valence-electron chi connectivity index (χ3n) is 7.40. The number of hydrogen-bond acceptors (Lipinski definition) is 0. The fraction of sp³-hybridized carbons (Fsp3) is 0.500. The maximum absolute atomic E-state index is 4.41. The van der Waals surface area contributed by atoms with Crippen molar-refractivity contribution in [2.24, 2.45) is 11.3 Å². The predicted molar refractivity (Wildman–Crippen MR) is 124 cm³/mol. The van der Waals surface area contributed by atoms with Gasteiger partial charge in [0.15, 0.2) is 0 Å². The van der Waals surface area contributed by atoms with Crippen molar-refractivity contribution in [3.8, 4) is 11.1 Å². The maximum atomic E-state index is 4.41. The van der Waals surface area contributed by atoms with E-state index in [1.165, 1.54) is 66.4 Å². The summed E-state index contributed by atoms with van der Waals surface area (Å²) in [6, 6.07) is 18.4. The van der Waals surface area contributed by atoms with Gasteiger partial charge in [-0.15, -0.1) is 0 Å². The van der Waals surface area contributed by atoms with Crippen LogP contribution in [-0.4, -0.2) is 0 Å². The molecular weight excluding hydrogens is 336 g/mol. The van der Waals surface area contributed by atoms with Crippen molar-refractivity contribution in [3.63, 3.8) is 0 Å². The Labute approximate surface area is 173 Å². The minimum atomic E-state index is 0.208. The van der Waals surface area contributed by atoms with E-state index in [4.69, 9.17) is 0 Å². The predicted octanol–water partition coefficient (Wildman–Crippen LogP) is 8.57. The molecule has 1 aliphatic carbocycles. The molecule has 28 heavy (non-hydrogen) atoms. The molecule has 0 aliphatic heterocycles. The fourth-order valence-electron chi connectivity index (χ4n) is 4.91. The SMILES string of the molecule is C=C(C)C(C)(Cc1cccc(-c2ccc(C(C)CC)cc2)c1)C1CCCCC1. The van der Waals surface area contributed by atoms with Crippen molar-refractivity contribution < 1.29 is 0 Å². The molecule has 0 N–H and O–H groups in total. The van der Waals surface area contributed by atoms with Gasteiger partial charge in [-0.2, -0.15) is 0 Å². The Morgan fingerprint density at radius 2 is 1.71 bits per heavy atom.